The second-order valence-electron chi connectivity index (χ2n) is 6.35. The lowest BCUT2D eigenvalue weighted by Crippen LogP contribution is -2.39. The van der Waals surface area contributed by atoms with Gasteiger partial charge < -0.3 is 18.8 Å². The fourth-order valence-electron chi connectivity index (χ4n) is 3.30. The van der Waals surface area contributed by atoms with Gasteiger partial charge in [-0.15, -0.1) is 0 Å². The zero-order valence-electron chi connectivity index (χ0n) is 14.5. The molecule has 3 aromatic rings. The third kappa shape index (κ3) is 3.28. The van der Waals surface area contributed by atoms with Crippen LogP contribution in [0.2, 0.25) is 0 Å². The van der Waals surface area contributed by atoms with Crippen LogP contribution >= 0.6 is 0 Å². The van der Waals surface area contributed by atoms with Gasteiger partial charge in [-0.05, 0) is 30.7 Å². The number of methoxy groups -OCH3 is 1. The van der Waals surface area contributed by atoms with Crippen LogP contribution in [-0.4, -0.2) is 48.2 Å². The molecule has 134 valence electrons. The summed E-state index contributed by atoms with van der Waals surface area (Å²) in [6, 6.07) is 13.0. The minimum atomic E-state index is -0.138. The number of rotatable bonds is 5. The van der Waals surface area contributed by atoms with Crippen molar-refractivity contribution < 1.29 is 18.7 Å². The van der Waals surface area contributed by atoms with E-state index in [2.05, 4.69) is 4.98 Å². The lowest BCUT2D eigenvalue weighted by Gasteiger charge is -2.23. The van der Waals surface area contributed by atoms with Crippen molar-refractivity contribution in [1.29, 1.82) is 0 Å². The number of benzene rings is 1. The summed E-state index contributed by atoms with van der Waals surface area (Å²) in [6.45, 7) is 0.908. The first-order valence-electron chi connectivity index (χ1n) is 8.60. The third-order valence-corrected chi connectivity index (χ3v) is 4.68. The number of furan rings is 1. The molecule has 26 heavy (non-hydrogen) atoms. The first-order chi connectivity index (χ1) is 12.7. The van der Waals surface area contributed by atoms with Gasteiger partial charge in [-0.25, -0.2) is 0 Å². The van der Waals surface area contributed by atoms with Gasteiger partial charge in [-0.2, -0.15) is 0 Å². The number of likely N-dealkylation sites (tertiary alicyclic amines) is 1. The van der Waals surface area contributed by atoms with Gasteiger partial charge in [-0.1, -0.05) is 18.2 Å². The Morgan fingerprint density at radius 1 is 1.31 bits per heavy atom. The van der Waals surface area contributed by atoms with Gasteiger partial charge in [0.15, 0.2) is 5.76 Å². The highest BCUT2D eigenvalue weighted by atomic mass is 16.5. The van der Waals surface area contributed by atoms with Gasteiger partial charge in [0.05, 0.1) is 18.3 Å². The summed E-state index contributed by atoms with van der Waals surface area (Å²) in [4.78, 5) is 18.8. The minimum Gasteiger partial charge on any atom is -0.490 e. The third-order valence-electron chi connectivity index (χ3n) is 4.68. The molecule has 0 unspecified atom stereocenters. The fourth-order valence-corrected chi connectivity index (χ4v) is 3.30. The number of fused-ring (bicyclic) bond motifs is 1. The zero-order valence-corrected chi connectivity index (χ0v) is 14.5. The van der Waals surface area contributed by atoms with Crippen molar-refractivity contribution in [3.05, 3.63) is 60.6 Å². The lowest BCUT2D eigenvalue weighted by atomic mass is 10.2. The van der Waals surface area contributed by atoms with Gasteiger partial charge in [0.25, 0.3) is 5.91 Å². The van der Waals surface area contributed by atoms with Gasteiger partial charge in [-0.3, -0.25) is 9.78 Å². The molecule has 0 spiro atoms. The number of hydrogen-bond donors (Lipinski definition) is 0. The quantitative estimate of drug-likeness (QED) is 0.706. The molecule has 0 radical (unpaired) electrons. The number of carbonyl (C=O) groups is 1. The van der Waals surface area contributed by atoms with E-state index in [1.165, 1.54) is 0 Å². The minimum absolute atomic E-state index is 0.00849. The smallest absolute Gasteiger partial charge is 0.290 e. The molecule has 0 aliphatic carbocycles. The molecule has 1 aliphatic heterocycles. The molecule has 0 bridgehead atoms. The average Bonchev–Trinajstić information content (AvgIpc) is 3.30. The number of nitrogens with zero attached hydrogens (tertiary/aromatic N) is 2. The summed E-state index contributed by atoms with van der Waals surface area (Å²) in [7, 11) is 1.67. The van der Waals surface area contributed by atoms with Crippen LogP contribution in [0.4, 0.5) is 0 Å². The molecular weight excluding hydrogens is 332 g/mol. The molecule has 0 N–H and O–H groups in total. The summed E-state index contributed by atoms with van der Waals surface area (Å²) < 4.78 is 17.0. The Labute approximate surface area is 151 Å². The number of ether oxygens (including phenoxy) is 2. The van der Waals surface area contributed by atoms with Crippen molar-refractivity contribution in [3.63, 3.8) is 0 Å². The molecule has 6 heteroatoms. The van der Waals surface area contributed by atoms with Gasteiger partial charge in [0.2, 0.25) is 0 Å². The highest BCUT2D eigenvalue weighted by molar-refractivity contribution is 5.96. The molecule has 2 aromatic heterocycles. The monoisotopic (exact) mass is 352 g/mol. The maximum absolute atomic E-state index is 13.0. The molecule has 1 aliphatic rings. The number of hydrogen-bond acceptors (Lipinski definition) is 5. The Bertz CT molecular complexity index is 860. The molecule has 4 rings (SSSR count). The Balaban J connectivity index is 1.52. The summed E-state index contributed by atoms with van der Waals surface area (Å²) in [6.07, 6.45) is 4.07. The topological polar surface area (TPSA) is 64.8 Å². The van der Waals surface area contributed by atoms with Crippen LogP contribution in [0.25, 0.3) is 11.0 Å². The largest absolute Gasteiger partial charge is 0.490 e. The van der Waals surface area contributed by atoms with Crippen molar-refractivity contribution in [2.45, 2.75) is 18.6 Å². The van der Waals surface area contributed by atoms with Crippen molar-refractivity contribution in [3.8, 4) is 5.75 Å². The maximum Gasteiger partial charge on any atom is 0.290 e. The van der Waals surface area contributed by atoms with Gasteiger partial charge >= 0.3 is 0 Å². The number of para-hydroxylation sites is 1. The van der Waals surface area contributed by atoms with E-state index in [1.54, 1.807) is 30.5 Å². The van der Waals surface area contributed by atoms with E-state index in [0.717, 1.165) is 11.8 Å². The predicted octanol–water partition coefficient (Wildman–Crippen LogP) is 3.14. The highest BCUT2D eigenvalue weighted by Crippen LogP contribution is 2.26. The van der Waals surface area contributed by atoms with Crippen LogP contribution in [-0.2, 0) is 4.74 Å². The summed E-state index contributed by atoms with van der Waals surface area (Å²) in [5.74, 6) is 0.888. The van der Waals surface area contributed by atoms with Crippen LogP contribution in [0.1, 0.15) is 17.0 Å². The average molecular weight is 352 g/mol. The van der Waals surface area contributed by atoms with Gasteiger partial charge in [0, 0.05) is 25.2 Å². The van der Waals surface area contributed by atoms with Crippen molar-refractivity contribution in [2.75, 3.05) is 20.3 Å². The van der Waals surface area contributed by atoms with E-state index in [1.807, 2.05) is 36.4 Å². The molecule has 1 amide bonds. The maximum atomic E-state index is 13.0. The van der Waals surface area contributed by atoms with E-state index in [4.69, 9.17) is 13.9 Å². The van der Waals surface area contributed by atoms with Crippen LogP contribution in [0.3, 0.4) is 0 Å². The molecule has 1 saturated heterocycles. The van der Waals surface area contributed by atoms with E-state index in [-0.39, 0.29) is 18.1 Å². The zero-order chi connectivity index (χ0) is 17.9. The molecule has 1 aromatic carbocycles. The normalized spacial score (nSPS) is 19.8. The standard InChI is InChI=1S/C20H20N2O4/c1-24-17-10-15(13-25-16-6-4-8-21-11-16)22(12-17)20(23)19-9-14-5-2-3-7-18(14)26-19/h2-9,11,15,17H,10,12-13H2,1H3/t15-,17+/m0/s1. The first-order valence-corrected chi connectivity index (χ1v) is 8.60. The Morgan fingerprint density at radius 3 is 2.96 bits per heavy atom. The Morgan fingerprint density at radius 2 is 2.19 bits per heavy atom. The van der Waals surface area contributed by atoms with Crippen LogP contribution in [0, 0.1) is 0 Å². The number of carbonyl (C=O) groups excluding carboxylic acids is 1. The second-order valence-corrected chi connectivity index (χ2v) is 6.35. The fraction of sp³-hybridized carbons (Fsp3) is 0.300. The number of amides is 1. The van der Waals surface area contributed by atoms with E-state index in [0.29, 0.717) is 30.2 Å². The summed E-state index contributed by atoms with van der Waals surface area (Å²) >= 11 is 0. The highest BCUT2D eigenvalue weighted by Gasteiger charge is 2.37. The van der Waals surface area contributed by atoms with Crippen LogP contribution < -0.4 is 4.74 Å². The molecule has 3 heterocycles. The number of pyridine rings is 1. The Kier molecular flexibility index (Phi) is 4.58. The summed E-state index contributed by atoms with van der Waals surface area (Å²) in [5, 5.41) is 0.918. The molecule has 1 fully saturated rings. The second kappa shape index (κ2) is 7.17. The van der Waals surface area contributed by atoms with Crippen LogP contribution in [0.15, 0.2) is 59.3 Å². The molecule has 0 saturated carbocycles. The first kappa shape index (κ1) is 16.6. The Hall–Kier alpha value is -2.86. The van der Waals surface area contributed by atoms with Crippen molar-refractivity contribution in [1.82, 2.24) is 9.88 Å². The van der Waals surface area contributed by atoms with E-state index < -0.39 is 0 Å². The SMILES string of the molecule is CO[C@@H]1C[C@@H](COc2cccnc2)N(C(=O)c2cc3ccccc3o2)C1. The van der Waals surface area contributed by atoms with Crippen LogP contribution in [0.5, 0.6) is 5.75 Å². The van der Waals surface area contributed by atoms with Crippen molar-refractivity contribution >= 4 is 16.9 Å². The van der Waals surface area contributed by atoms with Crippen molar-refractivity contribution in [2.24, 2.45) is 0 Å². The molecule has 6 nitrogen and oxygen atoms in total. The predicted molar refractivity (Wildman–Crippen MR) is 96.2 cm³/mol. The van der Waals surface area contributed by atoms with E-state index in [9.17, 15) is 4.79 Å². The summed E-state index contributed by atoms with van der Waals surface area (Å²) in [5.41, 5.74) is 0.710. The lowest BCUT2D eigenvalue weighted by molar-refractivity contribution is 0.0629. The van der Waals surface area contributed by atoms with E-state index >= 15 is 0 Å². The molecule has 2 atom stereocenters. The number of aromatic nitrogens is 1. The van der Waals surface area contributed by atoms with Gasteiger partial charge in [0.1, 0.15) is 17.9 Å². The molecular formula is C20H20N2O4.